The summed E-state index contributed by atoms with van der Waals surface area (Å²) in [5.74, 6) is 0.654. The second kappa shape index (κ2) is 11.1. The predicted octanol–water partition coefficient (Wildman–Crippen LogP) is 1.70. The van der Waals surface area contributed by atoms with Crippen LogP contribution in [0.25, 0.3) is 0 Å². The number of nitriles is 1. The van der Waals surface area contributed by atoms with Crippen molar-refractivity contribution < 1.29 is 14.6 Å². The van der Waals surface area contributed by atoms with Gasteiger partial charge in [0, 0.05) is 19.8 Å². The van der Waals surface area contributed by atoms with E-state index in [1.54, 1.807) is 24.3 Å². The fourth-order valence-electron chi connectivity index (χ4n) is 1.69. The zero-order chi connectivity index (χ0) is 15.3. The molecule has 1 unspecified atom stereocenters. The van der Waals surface area contributed by atoms with Crippen LogP contribution in [0.1, 0.15) is 25.3 Å². The van der Waals surface area contributed by atoms with Gasteiger partial charge in [0.15, 0.2) is 0 Å². The van der Waals surface area contributed by atoms with E-state index in [-0.39, 0.29) is 6.61 Å². The monoisotopic (exact) mass is 292 g/mol. The molecule has 5 heteroatoms. The van der Waals surface area contributed by atoms with Crippen molar-refractivity contribution in [3.8, 4) is 11.8 Å². The van der Waals surface area contributed by atoms with Gasteiger partial charge in [-0.2, -0.15) is 5.26 Å². The topological polar surface area (TPSA) is 74.5 Å². The first-order chi connectivity index (χ1) is 10.3. The molecule has 0 radical (unpaired) electrons. The van der Waals surface area contributed by atoms with Crippen LogP contribution in [0.5, 0.6) is 5.75 Å². The first kappa shape index (κ1) is 17.4. The van der Waals surface area contributed by atoms with Crippen LogP contribution in [-0.4, -0.2) is 44.1 Å². The lowest BCUT2D eigenvalue weighted by molar-refractivity contribution is 0.103. The second-order valence-corrected chi connectivity index (χ2v) is 4.77. The molecule has 0 saturated heterocycles. The maximum Gasteiger partial charge on any atom is 0.119 e. The van der Waals surface area contributed by atoms with Gasteiger partial charge in [0.25, 0.3) is 0 Å². The van der Waals surface area contributed by atoms with E-state index >= 15 is 0 Å². The molecule has 1 rings (SSSR count). The number of rotatable bonds is 11. The Morgan fingerprint density at radius 2 is 2.05 bits per heavy atom. The zero-order valence-corrected chi connectivity index (χ0v) is 12.5. The molecular formula is C16H24N2O3. The van der Waals surface area contributed by atoms with E-state index in [1.807, 2.05) is 6.07 Å². The SMILES string of the molecule is CCCOCCCNCC(O)COc1ccc(C#N)cc1. The van der Waals surface area contributed by atoms with Crippen LogP contribution in [0.4, 0.5) is 0 Å². The van der Waals surface area contributed by atoms with Gasteiger partial charge in [-0.05, 0) is 43.7 Å². The fraction of sp³-hybridized carbons (Fsp3) is 0.562. The third kappa shape index (κ3) is 8.30. The number of aliphatic hydroxyl groups is 1. The van der Waals surface area contributed by atoms with Crippen molar-refractivity contribution in [2.24, 2.45) is 0 Å². The number of hydrogen-bond acceptors (Lipinski definition) is 5. The average molecular weight is 292 g/mol. The Morgan fingerprint density at radius 1 is 1.29 bits per heavy atom. The molecule has 1 aromatic rings. The van der Waals surface area contributed by atoms with Gasteiger partial charge in [-0.25, -0.2) is 0 Å². The van der Waals surface area contributed by atoms with Crippen molar-refractivity contribution in [2.75, 3.05) is 32.9 Å². The lowest BCUT2D eigenvalue weighted by Crippen LogP contribution is -2.32. The summed E-state index contributed by atoms with van der Waals surface area (Å²) < 4.78 is 10.8. The summed E-state index contributed by atoms with van der Waals surface area (Å²) in [6.07, 6.45) is 1.42. The summed E-state index contributed by atoms with van der Waals surface area (Å²) in [7, 11) is 0. The lowest BCUT2D eigenvalue weighted by atomic mass is 10.2. The minimum absolute atomic E-state index is 0.227. The van der Waals surface area contributed by atoms with Gasteiger partial charge in [-0.15, -0.1) is 0 Å². The Labute approximate surface area is 126 Å². The molecule has 0 aliphatic rings. The summed E-state index contributed by atoms with van der Waals surface area (Å²) in [6, 6.07) is 8.88. The standard InChI is InChI=1S/C16H24N2O3/c1-2-9-20-10-3-8-18-12-15(19)13-21-16-6-4-14(11-17)5-7-16/h4-7,15,18-19H,2-3,8-10,12-13H2,1H3. The van der Waals surface area contributed by atoms with Crippen LogP contribution in [0.15, 0.2) is 24.3 Å². The van der Waals surface area contributed by atoms with Crippen molar-refractivity contribution >= 4 is 0 Å². The van der Waals surface area contributed by atoms with Crippen molar-refractivity contribution in [1.82, 2.24) is 5.32 Å². The Morgan fingerprint density at radius 3 is 2.71 bits per heavy atom. The molecule has 0 bridgehead atoms. The highest BCUT2D eigenvalue weighted by atomic mass is 16.5. The Kier molecular flexibility index (Phi) is 9.21. The van der Waals surface area contributed by atoms with Crippen LogP contribution in [0, 0.1) is 11.3 Å². The molecule has 0 fully saturated rings. The largest absolute Gasteiger partial charge is 0.491 e. The third-order valence-electron chi connectivity index (χ3n) is 2.80. The molecule has 1 atom stereocenters. The molecule has 0 aliphatic heterocycles. The fourth-order valence-corrected chi connectivity index (χ4v) is 1.69. The Bertz CT molecular complexity index is 415. The van der Waals surface area contributed by atoms with Crippen LogP contribution in [0.3, 0.4) is 0 Å². The van der Waals surface area contributed by atoms with E-state index < -0.39 is 6.10 Å². The van der Waals surface area contributed by atoms with E-state index in [2.05, 4.69) is 12.2 Å². The third-order valence-corrected chi connectivity index (χ3v) is 2.80. The Balaban J connectivity index is 2.05. The van der Waals surface area contributed by atoms with Crippen molar-refractivity contribution in [2.45, 2.75) is 25.9 Å². The number of hydrogen-bond donors (Lipinski definition) is 2. The molecular weight excluding hydrogens is 268 g/mol. The Hall–Kier alpha value is -1.61. The smallest absolute Gasteiger partial charge is 0.119 e. The highest BCUT2D eigenvalue weighted by molar-refractivity contribution is 5.34. The summed E-state index contributed by atoms with van der Waals surface area (Å²) in [6.45, 7) is 5.18. The van der Waals surface area contributed by atoms with E-state index in [4.69, 9.17) is 14.7 Å². The minimum atomic E-state index is -0.558. The number of aliphatic hydroxyl groups excluding tert-OH is 1. The summed E-state index contributed by atoms with van der Waals surface area (Å²) in [5, 5.41) is 21.6. The molecule has 0 aliphatic carbocycles. The van der Waals surface area contributed by atoms with Gasteiger partial charge in [0.05, 0.1) is 11.6 Å². The van der Waals surface area contributed by atoms with Gasteiger partial charge in [-0.1, -0.05) is 6.92 Å². The molecule has 1 aromatic carbocycles. The van der Waals surface area contributed by atoms with Crippen LogP contribution >= 0.6 is 0 Å². The first-order valence-corrected chi connectivity index (χ1v) is 7.35. The zero-order valence-electron chi connectivity index (χ0n) is 12.5. The lowest BCUT2D eigenvalue weighted by Gasteiger charge is -2.13. The molecule has 5 nitrogen and oxygen atoms in total. The van der Waals surface area contributed by atoms with Gasteiger partial charge in [0.1, 0.15) is 18.5 Å². The highest BCUT2D eigenvalue weighted by Gasteiger charge is 2.04. The maximum atomic E-state index is 9.78. The van der Waals surface area contributed by atoms with E-state index in [1.165, 1.54) is 0 Å². The van der Waals surface area contributed by atoms with Crippen LogP contribution in [0.2, 0.25) is 0 Å². The van der Waals surface area contributed by atoms with Crippen molar-refractivity contribution in [3.05, 3.63) is 29.8 Å². The van der Waals surface area contributed by atoms with Crippen LogP contribution in [-0.2, 0) is 4.74 Å². The average Bonchev–Trinajstić information content (AvgIpc) is 2.52. The molecule has 0 heterocycles. The van der Waals surface area contributed by atoms with Gasteiger partial charge >= 0.3 is 0 Å². The van der Waals surface area contributed by atoms with E-state index in [9.17, 15) is 5.11 Å². The minimum Gasteiger partial charge on any atom is -0.491 e. The quantitative estimate of drug-likeness (QED) is 0.607. The second-order valence-electron chi connectivity index (χ2n) is 4.77. The molecule has 0 amide bonds. The van der Waals surface area contributed by atoms with Gasteiger partial charge < -0.3 is 19.9 Å². The number of benzene rings is 1. The number of ether oxygens (including phenoxy) is 2. The van der Waals surface area contributed by atoms with Crippen molar-refractivity contribution in [3.63, 3.8) is 0 Å². The van der Waals surface area contributed by atoms with Crippen molar-refractivity contribution in [1.29, 1.82) is 5.26 Å². The molecule has 0 saturated carbocycles. The first-order valence-electron chi connectivity index (χ1n) is 7.35. The molecule has 0 spiro atoms. The molecule has 0 aromatic heterocycles. The summed E-state index contributed by atoms with van der Waals surface area (Å²) in [4.78, 5) is 0. The van der Waals surface area contributed by atoms with E-state index in [0.717, 1.165) is 32.6 Å². The molecule has 21 heavy (non-hydrogen) atoms. The highest BCUT2D eigenvalue weighted by Crippen LogP contribution is 2.11. The summed E-state index contributed by atoms with van der Waals surface area (Å²) >= 11 is 0. The molecule has 116 valence electrons. The van der Waals surface area contributed by atoms with E-state index in [0.29, 0.717) is 17.9 Å². The van der Waals surface area contributed by atoms with Crippen LogP contribution < -0.4 is 10.1 Å². The predicted molar refractivity (Wildman–Crippen MR) is 81.3 cm³/mol. The number of nitrogens with zero attached hydrogens (tertiary/aromatic N) is 1. The van der Waals surface area contributed by atoms with Gasteiger partial charge in [0.2, 0.25) is 0 Å². The maximum absolute atomic E-state index is 9.78. The summed E-state index contributed by atoms with van der Waals surface area (Å²) in [5.41, 5.74) is 0.592. The normalized spacial score (nSPS) is 11.9. The van der Waals surface area contributed by atoms with Gasteiger partial charge in [-0.3, -0.25) is 0 Å². The molecule has 2 N–H and O–H groups in total. The number of nitrogens with one attached hydrogen (secondary N) is 1.